The van der Waals surface area contributed by atoms with Crippen LogP contribution in [0.4, 0.5) is 0 Å². The van der Waals surface area contributed by atoms with Gasteiger partial charge in [-0.15, -0.1) is 0 Å². The predicted molar refractivity (Wildman–Crippen MR) is 110 cm³/mol. The molecular formula is C21H22Cl2N2O3. The molecule has 5 nitrogen and oxygen atoms in total. The fourth-order valence-electron chi connectivity index (χ4n) is 3.11. The van der Waals surface area contributed by atoms with Crippen molar-refractivity contribution in [2.75, 3.05) is 6.54 Å². The zero-order valence-corrected chi connectivity index (χ0v) is 16.9. The van der Waals surface area contributed by atoms with E-state index in [9.17, 15) is 9.59 Å². The first-order valence-corrected chi connectivity index (χ1v) is 10.0. The smallest absolute Gasteiger partial charge is 0.251 e. The highest BCUT2D eigenvalue weighted by Gasteiger charge is 2.18. The molecule has 0 atom stereocenters. The molecule has 0 aliphatic heterocycles. The molecule has 0 heterocycles. The molecule has 1 saturated carbocycles. The van der Waals surface area contributed by atoms with Gasteiger partial charge in [0.15, 0.2) is 0 Å². The van der Waals surface area contributed by atoms with Gasteiger partial charge in [0.2, 0.25) is 5.91 Å². The van der Waals surface area contributed by atoms with Crippen LogP contribution in [-0.4, -0.2) is 24.5 Å². The van der Waals surface area contributed by atoms with E-state index >= 15 is 0 Å². The highest BCUT2D eigenvalue weighted by atomic mass is 35.5. The average molecular weight is 421 g/mol. The molecule has 2 aromatic carbocycles. The highest BCUT2D eigenvalue weighted by molar-refractivity contribution is 6.42. The third-order valence-corrected chi connectivity index (χ3v) is 5.37. The van der Waals surface area contributed by atoms with Crippen molar-refractivity contribution >= 4 is 35.0 Å². The van der Waals surface area contributed by atoms with Crippen molar-refractivity contribution < 1.29 is 14.3 Å². The normalized spacial score (nSPS) is 13.9. The molecule has 2 amide bonds. The minimum absolute atomic E-state index is 0.134. The van der Waals surface area contributed by atoms with E-state index in [0.29, 0.717) is 17.1 Å². The summed E-state index contributed by atoms with van der Waals surface area (Å²) in [5.74, 6) is 0.123. The number of nitrogens with one attached hydrogen (secondary N) is 2. The second kappa shape index (κ2) is 9.80. The van der Waals surface area contributed by atoms with Crippen LogP contribution in [0.25, 0.3) is 0 Å². The second-order valence-corrected chi connectivity index (χ2v) is 7.53. The highest BCUT2D eigenvalue weighted by Crippen LogP contribution is 2.26. The van der Waals surface area contributed by atoms with Gasteiger partial charge in [-0.2, -0.15) is 0 Å². The Kier molecular flexibility index (Phi) is 7.18. The van der Waals surface area contributed by atoms with Crippen molar-refractivity contribution in [1.29, 1.82) is 0 Å². The van der Waals surface area contributed by atoms with E-state index in [0.717, 1.165) is 24.2 Å². The van der Waals surface area contributed by atoms with Crippen LogP contribution < -0.4 is 15.4 Å². The van der Waals surface area contributed by atoms with Gasteiger partial charge in [-0.3, -0.25) is 9.59 Å². The molecule has 2 aromatic rings. The van der Waals surface area contributed by atoms with Crippen LogP contribution in [0.2, 0.25) is 10.0 Å². The minimum Gasteiger partial charge on any atom is -0.490 e. The summed E-state index contributed by atoms with van der Waals surface area (Å²) in [5, 5.41) is 6.04. The number of benzene rings is 2. The summed E-state index contributed by atoms with van der Waals surface area (Å²) in [5.41, 5.74) is 1.26. The molecule has 0 unspecified atom stereocenters. The van der Waals surface area contributed by atoms with Crippen LogP contribution in [0.15, 0.2) is 42.5 Å². The molecule has 0 bridgehead atoms. The molecule has 0 radical (unpaired) electrons. The monoisotopic (exact) mass is 420 g/mol. The number of ether oxygens (including phenoxy) is 1. The Morgan fingerprint density at radius 2 is 1.75 bits per heavy atom. The van der Waals surface area contributed by atoms with Gasteiger partial charge in [-0.05, 0) is 49.9 Å². The molecule has 1 aliphatic carbocycles. The maximum Gasteiger partial charge on any atom is 0.251 e. The van der Waals surface area contributed by atoms with E-state index in [4.69, 9.17) is 27.9 Å². The summed E-state index contributed by atoms with van der Waals surface area (Å²) in [4.78, 5) is 24.2. The van der Waals surface area contributed by atoms with E-state index in [1.807, 2.05) is 24.3 Å². The van der Waals surface area contributed by atoms with Crippen molar-refractivity contribution in [2.45, 2.75) is 38.3 Å². The lowest BCUT2D eigenvalue weighted by Crippen LogP contribution is -2.36. The Morgan fingerprint density at radius 1 is 1.00 bits per heavy atom. The standard InChI is InChI=1S/C21H22Cl2N2O3/c22-17-10-9-14(11-18(17)23)21(27)25-13-20(26)24-12-15-5-1-4-8-19(15)28-16-6-2-3-7-16/h1,4-5,8-11,16H,2-3,6-7,12-13H2,(H,24,26)(H,25,27). The summed E-state index contributed by atoms with van der Waals surface area (Å²) < 4.78 is 6.07. The molecule has 0 saturated heterocycles. The number of hydrogen-bond donors (Lipinski definition) is 2. The SMILES string of the molecule is O=C(CNC(=O)c1ccc(Cl)c(Cl)c1)NCc1ccccc1OC1CCCC1. The van der Waals surface area contributed by atoms with Gasteiger partial charge in [0.1, 0.15) is 5.75 Å². The molecule has 1 aliphatic rings. The molecule has 0 spiro atoms. The summed E-state index contributed by atoms with van der Waals surface area (Å²) >= 11 is 11.8. The minimum atomic E-state index is -0.390. The van der Waals surface area contributed by atoms with Crippen LogP contribution in [0.1, 0.15) is 41.6 Å². The van der Waals surface area contributed by atoms with Crippen LogP contribution in [0.5, 0.6) is 5.75 Å². The lowest BCUT2D eigenvalue weighted by Gasteiger charge is -2.17. The van der Waals surface area contributed by atoms with Gasteiger partial charge in [0.05, 0.1) is 22.7 Å². The van der Waals surface area contributed by atoms with Crippen molar-refractivity contribution in [3.05, 3.63) is 63.6 Å². The fourth-order valence-corrected chi connectivity index (χ4v) is 3.40. The Bertz CT molecular complexity index is 851. The first kappa shape index (κ1) is 20.5. The third-order valence-electron chi connectivity index (χ3n) is 4.64. The van der Waals surface area contributed by atoms with Crippen LogP contribution >= 0.6 is 23.2 Å². The molecule has 7 heteroatoms. The number of hydrogen-bond acceptors (Lipinski definition) is 3. The van der Waals surface area contributed by atoms with E-state index in [-0.39, 0.29) is 23.6 Å². The van der Waals surface area contributed by atoms with Gasteiger partial charge in [-0.1, -0.05) is 41.4 Å². The van der Waals surface area contributed by atoms with E-state index < -0.39 is 5.91 Å². The number of amides is 2. The average Bonchev–Trinajstić information content (AvgIpc) is 3.20. The number of halogens is 2. The lowest BCUT2D eigenvalue weighted by atomic mass is 10.2. The van der Waals surface area contributed by atoms with Gasteiger partial charge >= 0.3 is 0 Å². The fraction of sp³-hybridized carbons (Fsp3) is 0.333. The van der Waals surface area contributed by atoms with Crippen LogP contribution in [0.3, 0.4) is 0 Å². The van der Waals surface area contributed by atoms with Gasteiger partial charge < -0.3 is 15.4 Å². The van der Waals surface area contributed by atoms with Gasteiger partial charge in [-0.25, -0.2) is 0 Å². The van der Waals surface area contributed by atoms with Crippen molar-refractivity contribution in [3.63, 3.8) is 0 Å². The quantitative estimate of drug-likeness (QED) is 0.698. The Hall–Kier alpha value is -2.24. The first-order chi connectivity index (χ1) is 13.5. The molecule has 28 heavy (non-hydrogen) atoms. The topological polar surface area (TPSA) is 67.4 Å². The summed E-state index contributed by atoms with van der Waals surface area (Å²) in [6.45, 7) is 0.203. The maximum atomic E-state index is 12.1. The zero-order valence-electron chi connectivity index (χ0n) is 15.3. The summed E-state index contributed by atoms with van der Waals surface area (Å²) in [7, 11) is 0. The molecule has 0 aromatic heterocycles. The van der Waals surface area contributed by atoms with Crippen LogP contribution in [0, 0.1) is 0 Å². The predicted octanol–water partition coefficient (Wildman–Crippen LogP) is 4.36. The van der Waals surface area contributed by atoms with Crippen molar-refractivity contribution in [3.8, 4) is 5.75 Å². The summed E-state index contributed by atoms with van der Waals surface area (Å²) in [6, 6.07) is 12.2. The van der Waals surface area contributed by atoms with E-state index in [2.05, 4.69) is 10.6 Å². The van der Waals surface area contributed by atoms with Gasteiger partial charge in [0, 0.05) is 17.7 Å². The molecule has 3 rings (SSSR count). The summed E-state index contributed by atoms with van der Waals surface area (Å²) in [6.07, 6.45) is 4.79. The van der Waals surface area contributed by atoms with Crippen molar-refractivity contribution in [2.24, 2.45) is 0 Å². The Morgan fingerprint density at radius 3 is 2.50 bits per heavy atom. The van der Waals surface area contributed by atoms with E-state index in [1.54, 1.807) is 12.1 Å². The van der Waals surface area contributed by atoms with Crippen LogP contribution in [-0.2, 0) is 11.3 Å². The van der Waals surface area contributed by atoms with Crippen molar-refractivity contribution in [1.82, 2.24) is 10.6 Å². The largest absolute Gasteiger partial charge is 0.490 e. The first-order valence-electron chi connectivity index (χ1n) is 9.27. The number of carbonyl (C=O) groups is 2. The Balaban J connectivity index is 1.49. The molecular weight excluding hydrogens is 399 g/mol. The number of para-hydroxylation sites is 1. The lowest BCUT2D eigenvalue weighted by molar-refractivity contribution is -0.120. The Labute approximate surface area is 174 Å². The molecule has 1 fully saturated rings. The van der Waals surface area contributed by atoms with E-state index in [1.165, 1.54) is 18.9 Å². The number of rotatable bonds is 7. The van der Waals surface area contributed by atoms with Gasteiger partial charge in [0.25, 0.3) is 5.91 Å². The number of carbonyl (C=O) groups excluding carboxylic acids is 2. The zero-order chi connectivity index (χ0) is 19.9. The third kappa shape index (κ3) is 5.63. The second-order valence-electron chi connectivity index (χ2n) is 6.72. The maximum absolute atomic E-state index is 12.1. The molecule has 148 valence electrons. The molecule has 2 N–H and O–H groups in total.